The SMILES string of the molecule is CCNCc1cccc(CS(=O)(=O)N2CC3CCC2C3)c1. The molecule has 1 N–H and O–H groups in total. The van der Waals surface area contributed by atoms with Gasteiger partial charge in [0.1, 0.15) is 0 Å². The lowest BCUT2D eigenvalue weighted by atomic mass is 10.1. The van der Waals surface area contributed by atoms with Gasteiger partial charge in [-0.1, -0.05) is 31.2 Å². The summed E-state index contributed by atoms with van der Waals surface area (Å²) in [6, 6.07) is 8.19. The van der Waals surface area contributed by atoms with Crippen molar-refractivity contribution >= 4 is 10.0 Å². The summed E-state index contributed by atoms with van der Waals surface area (Å²) in [5.41, 5.74) is 2.04. The van der Waals surface area contributed by atoms with Crippen molar-refractivity contribution in [1.82, 2.24) is 9.62 Å². The van der Waals surface area contributed by atoms with Crippen LogP contribution in [0.15, 0.2) is 24.3 Å². The average Bonchev–Trinajstić information content (AvgIpc) is 3.08. The summed E-state index contributed by atoms with van der Waals surface area (Å²) in [5.74, 6) is 0.737. The molecule has 1 saturated heterocycles. The van der Waals surface area contributed by atoms with Crippen molar-refractivity contribution in [3.8, 4) is 0 Å². The monoisotopic (exact) mass is 308 g/mol. The number of benzene rings is 1. The lowest BCUT2D eigenvalue weighted by Crippen LogP contribution is -2.38. The average molecular weight is 308 g/mol. The predicted octanol–water partition coefficient (Wildman–Crippen LogP) is 2.11. The fourth-order valence-corrected chi connectivity index (χ4v) is 5.46. The normalized spacial score (nSPS) is 25.6. The Balaban J connectivity index is 1.70. The lowest BCUT2D eigenvalue weighted by Gasteiger charge is -2.26. The molecule has 1 aliphatic heterocycles. The molecule has 2 atom stereocenters. The molecule has 5 heteroatoms. The fraction of sp³-hybridized carbons (Fsp3) is 0.625. The molecule has 1 aromatic carbocycles. The van der Waals surface area contributed by atoms with Crippen molar-refractivity contribution in [2.24, 2.45) is 5.92 Å². The van der Waals surface area contributed by atoms with E-state index in [-0.39, 0.29) is 11.8 Å². The molecule has 0 radical (unpaired) electrons. The molecule has 2 fully saturated rings. The Hall–Kier alpha value is -0.910. The second kappa shape index (κ2) is 6.07. The predicted molar refractivity (Wildman–Crippen MR) is 84.3 cm³/mol. The second-order valence-electron chi connectivity index (χ2n) is 6.26. The topological polar surface area (TPSA) is 49.4 Å². The van der Waals surface area contributed by atoms with Crippen LogP contribution in [0.25, 0.3) is 0 Å². The summed E-state index contributed by atoms with van der Waals surface area (Å²) >= 11 is 0. The first-order valence-corrected chi connectivity index (χ1v) is 9.47. The molecule has 3 rings (SSSR count). The van der Waals surface area contributed by atoms with E-state index in [1.807, 2.05) is 24.3 Å². The van der Waals surface area contributed by atoms with Crippen LogP contribution in [0.5, 0.6) is 0 Å². The van der Waals surface area contributed by atoms with E-state index in [0.717, 1.165) is 43.6 Å². The molecule has 0 spiro atoms. The highest BCUT2D eigenvalue weighted by molar-refractivity contribution is 7.88. The highest BCUT2D eigenvalue weighted by atomic mass is 32.2. The summed E-state index contributed by atoms with van der Waals surface area (Å²) in [4.78, 5) is 0. The van der Waals surface area contributed by atoms with Crippen LogP contribution < -0.4 is 5.32 Å². The minimum atomic E-state index is -3.17. The largest absolute Gasteiger partial charge is 0.313 e. The Morgan fingerprint density at radius 2 is 2.10 bits per heavy atom. The number of rotatable bonds is 6. The van der Waals surface area contributed by atoms with Crippen LogP contribution in [0.1, 0.15) is 37.3 Å². The molecule has 2 bridgehead atoms. The molecular formula is C16H24N2O2S. The Labute approximate surface area is 127 Å². The van der Waals surface area contributed by atoms with Crippen LogP contribution in [0.3, 0.4) is 0 Å². The van der Waals surface area contributed by atoms with Gasteiger partial charge in [0, 0.05) is 19.1 Å². The zero-order valence-corrected chi connectivity index (χ0v) is 13.4. The van der Waals surface area contributed by atoms with Gasteiger partial charge in [-0.2, -0.15) is 4.31 Å². The Bertz CT molecular complexity index is 600. The summed E-state index contributed by atoms with van der Waals surface area (Å²) in [7, 11) is -3.17. The first-order valence-electron chi connectivity index (χ1n) is 7.86. The summed E-state index contributed by atoms with van der Waals surface area (Å²) < 4.78 is 27.0. The molecule has 1 aliphatic carbocycles. The molecule has 116 valence electrons. The van der Waals surface area contributed by atoms with Gasteiger partial charge in [-0.15, -0.1) is 0 Å². The quantitative estimate of drug-likeness (QED) is 0.875. The van der Waals surface area contributed by atoms with Crippen LogP contribution in [0.2, 0.25) is 0 Å². The fourth-order valence-electron chi connectivity index (χ4n) is 3.61. The number of nitrogens with one attached hydrogen (secondary N) is 1. The van der Waals surface area contributed by atoms with Crippen LogP contribution in [0.4, 0.5) is 0 Å². The molecule has 2 unspecified atom stereocenters. The smallest absolute Gasteiger partial charge is 0.218 e. The Kier molecular flexibility index (Phi) is 4.33. The number of nitrogens with zero attached hydrogens (tertiary/aromatic N) is 1. The molecule has 1 aromatic rings. The standard InChI is InChI=1S/C16H24N2O2S/c1-2-17-10-13-4-3-5-15(8-13)12-21(19,20)18-11-14-6-7-16(18)9-14/h3-5,8,14,16-17H,2,6-7,9-12H2,1H3. The van der Waals surface area contributed by atoms with E-state index < -0.39 is 10.0 Å². The van der Waals surface area contributed by atoms with Crippen LogP contribution in [-0.4, -0.2) is 31.9 Å². The highest BCUT2D eigenvalue weighted by Crippen LogP contribution is 2.39. The van der Waals surface area contributed by atoms with Gasteiger partial charge in [-0.05, 0) is 42.9 Å². The molecular weight excluding hydrogens is 284 g/mol. The van der Waals surface area contributed by atoms with E-state index in [9.17, 15) is 8.42 Å². The molecule has 1 saturated carbocycles. The van der Waals surface area contributed by atoms with Gasteiger partial charge in [0.05, 0.1) is 5.75 Å². The van der Waals surface area contributed by atoms with Gasteiger partial charge in [-0.25, -0.2) is 8.42 Å². The lowest BCUT2D eigenvalue weighted by molar-refractivity contribution is 0.333. The molecule has 0 amide bonds. The summed E-state index contributed by atoms with van der Waals surface area (Å²) in [6.07, 6.45) is 3.32. The molecule has 0 aromatic heterocycles. The minimum absolute atomic E-state index is 0.135. The van der Waals surface area contributed by atoms with Crippen LogP contribution in [-0.2, 0) is 22.3 Å². The third-order valence-corrected chi connectivity index (χ3v) is 6.50. The van der Waals surface area contributed by atoms with Gasteiger partial charge in [0.2, 0.25) is 10.0 Å². The Morgan fingerprint density at radius 1 is 1.29 bits per heavy atom. The molecule has 21 heavy (non-hydrogen) atoms. The van der Waals surface area contributed by atoms with Crippen LogP contribution in [0, 0.1) is 5.92 Å². The van der Waals surface area contributed by atoms with Crippen LogP contribution >= 0.6 is 0 Å². The van der Waals surface area contributed by atoms with Crippen molar-refractivity contribution in [1.29, 1.82) is 0 Å². The molecule has 4 nitrogen and oxygen atoms in total. The Morgan fingerprint density at radius 3 is 2.76 bits per heavy atom. The summed E-state index contributed by atoms with van der Waals surface area (Å²) in [6.45, 7) is 4.51. The first kappa shape index (κ1) is 15.0. The number of sulfonamides is 1. The van der Waals surface area contributed by atoms with Crippen molar-refractivity contribution in [3.63, 3.8) is 0 Å². The van der Waals surface area contributed by atoms with Gasteiger partial charge >= 0.3 is 0 Å². The number of hydrogen-bond donors (Lipinski definition) is 1. The maximum absolute atomic E-state index is 12.6. The number of hydrogen-bond acceptors (Lipinski definition) is 3. The maximum atomic E-state index is 12.6. The third-order valence-electron chi connectivity index (χ3n) is 4.64. The zero-order chi connectivity index (χ0) is 14.9. The van der Waals surface area contributed by atoms with Gasteiger partial charge in [0.15, 0.2) is 0 Å². The second-order valence-corrected chi connectivity index (χ2v) is 8.18. The van der Waals surface area contributed by atoms with Crippen molar-refractivity contribution < 1.29 is 8.42 Å². The molecule has 1 heterocycles. The minimum Gasteiger partial charge on any atom is -0.313 e. The van der Waals surface area contributed by atoms with Crippen molar-refractivity contribution in [3.05, 3.63) is 35.4 Å². The molecule has 2 aliphatic rings. The first-order chi connectivity index (χ1) is 10.1. The van der Waals surface area contributed by atoms with Gasteiger partial charge in [0.25, 0.3) is 0 Å². The number of fused-ring (bicyclic) bond motifs is 2. The van der Waals surface area contributed by atoms with E-state index in [0.29, 0.717) is 5.92 Å². The van der Waals surface area contributed by atoms with E-state index >= 15 is 0 Å². The zero-order valence-electron chi connectivity index (χ0n) is 12.6. The van der Waals surface area contributed by atoms with Crippen molar-refractivity contribution in [2.75, 3.05) is 13.1 Å². The van der Waals surface area contributed by atoms with Gasteiger partial charge < -0.3 is 5.32 Å². The van der Waals surface area contributed by atoms with E-state index in [1.54, 1.807) is 4.31 Å². The highest BCUT2D eigenvalue weighted by Gasteiger charge is 2.43. The van der Waals surface area contributed by atoms with Crippen molar-refractivity contribution in [2.45, 2.75) is 44.5 Å². The third kappa shape index (κ3) is 3.30. The number of piperidine rings is 1. The summed E-state index contributed by atoms with van der Waals surface area (Å²) in [5, 5.41) is 3.27. The van der Waals surface area contributed by atoms with Gasteiger partial charge in [-0.3, -0.25) is 0 Å². The van der Waals surface area contributed by atoms with E-state index in [4.69, 9.17) is 0 Å². The van der Waals surface area contributed by atoms with E-state index in [2.05, 4.69) is 12.2 Å². The maximum Gasteiger partial charge on any atom is 0.218 e. The van der Waals surface area contributed by atoms with E-state index in [1.165, 1.54) is 6.42 Å².